The zero-order valence-electron chi connectivity index (χ0n) is 2.06. The second kappa shape index (κ2) is 4.85. The van der Waals surface area contributed by atoms with Crippen molar-refractivity contribution in [3.63, 3.8) is 0 Å². The summed E-state index contributed by atoms with van der Waals surface area (Å²) in [6.07, 6.45) is 0. The van der Waals surface area contributed by atoms with E-state index < -0.39 is 9.17 Å². The second-order valence-corrected chi connectivity index (χ2v) is 0.848. The Morgan fingerprint density at radius 3 is 1.40 bits per heavy atom. The molecule has 0 aliphatic carbocycles. The predicted octanol–water partition coefficient (Wildman–Crippen LogP) is -1.61. The SMILES string of the molecule is O=[Si](O)O.[Lu]. The summed E-state index contributed by atoms with van der Waals surface area (Å²) in [7, 11) is -3.13. The molecule has 5 heavy (non-hydrogen) atoms. The van der Waals surface area contributed by atoms with Crippen molar-refractivity contribution in [2.24, 2.45) is 0 Å². The van der Waals surface area contributed by atoms with Gasteiger partial charge in [-0.25, -0.2) is 0 Å². The molecule has 0 aromatic rings. The van der Waals surface area contributed by atoms with Gasteiger partial charge in [0.25, 0.3) is 0 Å². The van der Waals surface area contributed by atoms with Crippen molar-refractivity contribution in [3.8, 4) is 0 Å². The summed E-state index contributed by atoms with van der Waals surface area (Å²) in [5, 5.41) is 0. The molecule has 0 saturated heterocycles. The first-order chi connectivity index (χ1) is 1.73. The standard InChI is InChI=1S/Lu.H2O3Si/c;1-4(2)3/h;1-2H. The smallest absolute Gasteiger partial charge is 0.511 e. The Hall–Kier alpha value is 0.851. The van der Waals surface area contributed by atoms with Crippen molar-refractivity contribution in [1.82, 2.24) is 0 Å². The molecule has 0 unspecified atom stereocenters. The van der Waals surface area contributed by atoms with E-state index in [0.717, 1.165) is 0 Å². The number of hydrogen-bond donors (Lipinski definition) is 2. The van der Waals surface area contributed by atoms with Crippen LogP contribution in [0.15, 0.2) is 0 Å². The molecule has 0 rings (SSSR count). The third kappa shape index (κ3) is 54.5. The molecule has 0 atom stereocenters. The van der Waals surface area contributed by atoms with E-state index in [1.165, 1.54) is 0 Å². The van der Waals surface area contributed by atoms with Gasteiger partial charge in [0.05, 0.1) is 0 Å². The molecule has 0 amide bonds. The van der Waals surface area contributed by atoms with Gasteiger partial charge >= 0.3 is 9.17 Å². The first kappa shape index (κ1) is 9.28. The third-order valence-electron chi connectivity index (χ3n) is 0. The summed E-state index contributed by atoms with van der Waals surface area (Å²) < 4.78 is 8.74. The average molecular weight is 253 g/mol. The molecule has 0 spiro atoms. The Balaban J connectivity index is 0. The van der Waals surface area contributed by atoms with E-state index in [2.05, 4.69) is 0 Å². The summed E-state index contributed by atoms with van der Waals surface area (Å²) in [5.41, 5.74) is 0. The molecular formula is H2LuO3Si. The van der Waals surface area contributed by atoms with E-state index in [1.807, 2.05) is 0 Å². The van der Waals surface area contributed by atoms with E-state index in [0.29, 0.717) is 0 Å². The normalized spacial score (nSPS) is 4.80. The van der Waals surface area contributed by atoms with Crippen LogP contribution in [0.1, 0.15) is 0 Å². The molecule has 1 radical (unpaired) electrons. The van der Waals surface area contributed by atoms with Gasteiger partial charge in [-0.2, -0.15) is 0 Å². The van der Waals surface area contributed by atoms with E-state index >= 15 is 0 Å². The van der Waals surface area contributed by atoms with Crippen LogP contribution in [0.2, 0.25) is 0 Å². The Morgan fingerprint density at radius 2 is 1.40 bits per heavy atom. The minimum Gasteiger partial charge on any atom is -0.511 e. The maximum absolute atomic E-state index is 8.74. The molecule has 3 nitrogen and oxygen atoms in total. The maximum Gasteiger partial charge on any atom is 0.761 e. The van der Waals surface area contributed by atoms with Crippen LogP contribution in [0.4, 0.5) is 0 Å². The molecule has 5 heteroatoms. The van der Waals surface area contributed by atoms with Gasteiger partial charge in [-0.15, -0.1) is 0 Å². The van der Waals surface area contributed by atoms with Crippen molar-refractivity contribution >= 4 is 9.17 Å². The van der Waals surface area contributed by atoms with E-state index in [-0.39, 0.29) is 36.9 Å². The van der Waals surface area contributed by atoms with Crippen LogP contribution in [0, 0.1) is 36.9 Å². The van der Waals surface area contributed by atoms with Gasteiger partial charge in [0.15, 0.2) is 0 Å². The second-order valence-electron chi connectivity index (χ2n) is 0.283. The van der Waals surface area contributed by atoms with Crippen molar-refractivity contribution < 1.29 is 50.9 Å². The Morgan fingerprint density at radius 1 is 1.40 bits per heavy atom. The molecule has 0 aliphatic rings. The van der Waals surface area contributed by atoms with E-state index in [1.54, 1.807) is 0 Å². The molecule has 0 aromatic heterocycles. The van der Waals surface area contributed by atoms with Crippen LogP contribution in [0.25, 0.3) is 0 Å². The van der Waals surface area contributed by atoms with Crippen LogP contribution >= 0.6 is 0 Å². The first-order valence-corrected chi connectivity index (χ1v) is 1.95. The van der Waals surface area contributed by atoms with Gasteiger partial charge in [0.2, 0.25) is 0 Å². The quantitative estimate of drug-likeness (QED) is 0.510. The molecule has 0 heterocycles. The summed E-state index contributed by atoms with van der Waals surface area (Å²) in [5.74, 6) is 0. The van der Waals surface area contributed by atoms with Gasteiger partial charge in [0, 0.05) is 36.9 Å². The van der Waals surface area contributed by atoms with Gasteiger partial charge in [-0.1, -0.05) is 0 Å². The molecule has 39 valence electrons. The predicted molar refractivity (Wildman–Crippen MR) is 10.9 cm³/mol. The maximum atomic E-state index is 8.74. The minimum absolute atomic E-state index is 0. The first-order valence-electron chi connectivity index (χ1n) is 0.651. The van der Waals surface area contributed by atoms with Crippen molar-refractivity contribution in [2.75, 3.05) is 0 Å². The van der Waals surface area contributed by atoms with Crippen LogP contribution in [0.5, 0.6) is 0 Å². The molecule has 2 N–H and O–H groups in total. The average Bonchev–Trinajstić information content (AvgIpc) is 0.811. The number of hydrogen-bond acceptors (Lipinski definition) is 1. The summed E-state index contributed by atoms with van der Waals surface area (Å²) >= 11 is 0. The molecular weight excluding hydrogens is 251 g/mol. The summed E-state index contributed by atoms with van der Waals surface area (Å²) in [4.78, 5) is 14.3. The third-order valence-corrected chi connectivity index (χ3v) is 0. The fourth-order valence-corrected chi connectivity index (χ4v) is 0. The fraction of sp³-hybridized carbons (Fsp3) is 0. The zero-order chi connectivity index (χ0) is 3.58. The van der Waals surface area contributed by atoms with Crippen LogP contribution < -0.4 is 0 Å². The monoisotopic (exact) mass is 253 g/mol. The van der Waals surface area contributed by atoms with Crippen molar-refractivity contribution in [3.05, 3.63) is 0 Å². The van der Waals surface area contributed by atoms with Gasteiger partial charge in [0.1, 0.15) is 0 Å². The Kier molecular flexibility index (Phi) is 9.01. The topological polar surface area (TPSA) is 57.5 Å². The molecule has 0 aliphatic heterocycles. The largest absolute Gasteiger partial charge is 0.761 e. The van der Waals surface area contributed by atoms with Gasteiger partial charge in [-0.05, 0) is 0 Å². The van der Waals surface area contributed by atoms with Crippen LogP contribution in [-0.4, -0.2) is 18.8 Å². The molecule has 0 aromatic carbocycles. The fourth-order valence-electron chi connectivity index (χ4n) is 0. The van der Waals surface area contributed by atoms with Crippen molar-refractivity contribution in [2.45, 2.75) is 0 Å². The molecule has 0 bridgehead atoms. The van der Waals surface area contributed by atoms with Crippen molar-refractivity contribution in [1.29, 1.82) is 0 Å². The zero-order valence-corrected chi connectivity index (χ0v) is 4.72. The Labute approximate surface area is 59.7 Å². The van der Waals surface area contributed by atoms with Crippen LogP contribution in [-0.2, 0) is 4.46 Å². The minimum atomic E-state index is -3.13. The van der Waals surface area contributed by atoms with E-state index in [9.17, 15) is 0 Å². The summed E-state index contributed by atoms with van der Waals surface area (Å²) in [6, 6.07) is 0. The van der Waals surface area contributed by atoms with Gasteiger partial charge < -0.3 is 9.59 Å². The Bertz CT molecular complexity index is 29.9. The summed E-state index contributed by atoms with van der Waals surface area (Å²) in [6.45, 7) is 0. The molecule has 0 saturated carbocycles. The molecule has 0 fully saturated rings. The van der Waals surface area contributed by atoms with Crippen LogP contribution in [0.3, 0.4) is 0 Å². The number of rotatable bonds is 0. The van der Waals surface area contributed by atoms with E-state index in [4.69, 9.17) is 14.1 Å². The van der Waals surface area contributed by atoms with Gasteiger partial charge in [-0.3, -0.25) is 4.46 Å².